The topological polar surface area (TPSA) is 82.4 Å². The molecule has 0 aromatic rings. The third-order valence-corrected chi connectivity index (χ3v) is 5.00. The molecule has 0 saturated heterocycles. The molecule has 1 atom stereocenters. The summed E-state index contributed by atoms with van der Waals surface area (Å²) < 4.78 is 0. The van der Waals surface area contributed by atoms with E-state index in [0.717, 1.165) is 38.5 Å². The summed E-state index contributed by atoms with van der Waals surface area (Å²) in [6.07, 6.45) is 17.6. The number of unbranched alkanes of at least 4 members (excludes halogenated alkanes) is 11. The van der Waals surface area contributed by atoms with Crippen LogP contribution in [0.15, 0.2) is 0 Å². The maximum atomic E-state index is 9.08. The minimum atomic E-state index is -0.0451. The van der Waals surface area contributed by atoms with Crippen LogP contribution >= 0.6 is 0 Å². The van der Waals surface area contributed by atoms with E-state index < -0.39 is 0 Å². The number of rotatable bonds is 23. The fourth-order valence-corrected chi connectivity index (χ4v) is 3.40. The van der Waals surface area contributed by atoms with Gasteiger partial charge in [0.15, 0.2) is 0 Å². The van der Waals surface area contributed by atoms with Crippen molar-refractivity contribution in [2.45, 2.75) is 109 Å². The summed E-state index contributed by atoms with van der Waals surface area (Å²) in [5.74, 6) is 0. The first kappa shape index (κ1) is 27.8. The molecule has 0 heterocycles. The lowest BCUT2D eigenvalue weighted by molar-refractivity contribution is -0.392. The van der Waals surface area contributed by atoms with Gasteiger partial charge in [0.05, 0.1) is 32.5 Å². The number of hydrogen-bond acceptors (Lipinski definition) is 6. The summed E-state index contributed by atoms with van der Waals surface area (Å²) in [7, 11) is 0. The van der Waals surface area contributed by atoms with Crippen LogP contribution in [0.5, 0.6) is 0 Å². The van der Waals surface area contributed by atoms with Crippen LogP contribution in [0, 0.1) is 0 Å². The molecule has 0 aliphatic rings. The molecule has 0 spiro atoms. The van der Waals surface area contributed by atoms with E-state index in [-0.39, 0.29) is 32.5 Å². The van der Waals surface area contributed by atoms with E-state index in [2.05, 4.69) is 6.92 Å². The number of hydrogen-bond donors (Lipinski definition) is 3. The Hall–Kier alpha value is -0.240. The van der Waals surface area contributed by atoms with Gasteiger partial charge >= 0.3 is 0 Å². The van der Waals surface area contributed by atoms with Crippen molar-refractivity contribution in [1.29, 1.82) is 0 Å². The molecule has 0 bridgehead atoms. The largest absolute Gasteiger partial charge is 0.396 e. The van der Waals surface area contributed by atoms with Gasteiger partial charge in [-0.25, -0.2) is 0 Å². The molecule has 0 aromatic carbocycles. The summed E-state index contributed by atoms with van der Waals surface area (Å²) in [6, 6.07) is 0.165. The van der Waals surface area contributed by atoms with Crippen LogP contribution in [0.2, 0.25) is 0 Å². The van der Waals surface area contributed by atoms with Crippen molar-refractivity contribution in [1.82, 2.24) is 5.23 Å². The predicted molar refractivity (Wildman–Crippen MR) is 114 cm³/mol. The van der Waals surface area contributed by atoms with Gasteiger partial charge in [0.2, 0.25) is 0 Å². The Morgan fingerprint density at radius 1 is 0.571 bits per heavy atom. The zero-order chi connectivity index (χ0) is 20.7. The zero-order valence-electron chi connectivity index (χ0n) is 18.3. The first-order chi connectivity index (χ1) is 13.8. The van der Waals surface area contributed by atoms with Crippen molar-refractivity contribution < 1.29 is 25.0 Å². The highest BCUT2D eigenvalue weighted by atomic mass is 17.0. The Balaban J connectivity index is 4.26. The Kier molecular flexibility index (Phi) is 22.8. The molecule has 0 saturated carbocycles. The molecule has 3 N–H and O–H groups in total. The van der Waals surface area contributed by atoms with Crippen LogP contribution in [-0.2, 0) is 9.68 Å². The quantitative estimate of drug-likeness (QED) is 0.173. The predicted octanol–water partition coefficient (Wildman–Crippen LogP) is 4.37. The lowest BCUT2D eigenvalue weighted by Crippen LogP contribution is -2.37. The molecule has 28 heavy (non-hydrogen) atoms. The molecular formula is C22H47NO5. The second kappa shape index (κ2) is 23.0. The van der Waals surface area contributed by atoms with Gasteiger partial charge in [-0.1, -0.05) is 89.2 Å². The molecule has 0 radical (unpaired) electrons. The molecule has 0 amide bonds. The van der Waals surface area contributed by atoms with Gasteiger partial charge in [-0.15, -0.1) is 0 Å². The smallest absolute Gasteiger partial charge is 0.0942 e. The third kappa shape index (κ3) is 17.8. The van der Waals surface area contributed by atoms with Gasteiger partial charge in [-0.2, -0.15) is 0 Å². The second-order valence-electron chi connectivity index (χ2n) is 7.60. The van der Waals surface area contributed by atoms with E-state index in [0.29, 0.717) is 6.61 Å². The van der Waals surface area contributed by atoms with Crippen LogP contribution < -0.4 is 0 Å². The fourth-order valence-electron chi connectivity index (χ4n) is 3.40. The van der Waals surface area contributed by atoms with Gasteiger partial charge in [0.25, 0.3) is 0 Å². The minimum Gasteiger partial charge on any atom is -0.396 e. The molecule has 0 fully saturated rings. The molecule has 0 aliphatic carbocycles. The lowest BCUT2D eigenvalue weighted by atomic mass is 10.0. The van der Waals surface area contributed by atoms with Crippen LogP contribution in [-0.4, -0.2) is 59.6 Å². The van der Waals surface area contributed by atoms with Gasteiger partial charge in [0.1, 0.15) is 0 Å². The molecule has 1 unspecified atom stereocenters. The molecule has 6 nitrogen and oxygen atoms in total. The standard InChI is InChI=1S/C22H47NO5/c1-2-3-4-5-9-12-15-22(23(27-20-18-25)28-21-19-26)16-13-10-7-6-8-11-14-17-24/h22,24-26H,2-21H2,1H3. The number of aliphatic hydroxyl groups excluding tert-OH is 3. The van der Waals surface area contributed by atoms with E-state index in [4.69, 9.17) is 25.0 Å². The first-order valence-electron chi connectivity index (χ1n) is 11.7. The van der Waals surface area contributed by atoms with Crippen molar-refractivity contribution in [2.24, 2.45) is 0 Å². The number of nitrogens with zero attached hydrogens (tertiary/aromatic N) is 1. The molecular weight excluding hydrogens is 358 g/mol. The lowest BCUT2D eigenvalue weighted by Gasteiger charge is -2.29. The summed E-state index contributed by atoms with van der Waals surface area (Å²) >= 11 is 0. The summed E-state index contributed by atoms with van der Waals surface area (Å²) in [4.78, 5) is 11.2. The average Bonchev–Trinajstić information content (AvgIpc) is 2.71. The van der Waals surface area contributed by atoms with E-state index in [9.17, 15) is 0 Å². The maximum Gasteiger partial charge on any atom is 0.0942 e. The Morgan fingerprint density at radius 2 is 1.00 bits per heavy atom. The van der Waals surface area contributed by atoms with Crippen molar-refractivity contribution in [3.8, 4) is 0 Å². The van der Waals surface area contributed by atoms with Crippen LogP contribution in [0.1, 0.15) is 103 Å². The second-order valence-corrected chi connectivity index (χ2v) is 7.60. The summed E-state index contributed by atoms with van der Waals surface area (Å²) in [5.41, 5.74) is 0. The Morgan fingerprint density at radius 3 is 1.43 bits per heavy atom. The van der Waals surface area contributed by atoms with Gasteiger partial charge in [0, 0.05) is 6.61 Å². The average molecular weight is 406 g/mol. The third-order valence-electron chi connectivity index (χ3n) is 5.00. The first-order valence-corrected chi connectivity index (χ1v) is 11.7. The van der Waals surface area contributed by atoms with E-state index in [1.54, 1.807) is 5.23 Å². The van der Waals surface area contributed by atoms with E-state index in [1.165, 1.54) is 57.8 Å². The van der Waals surface area contributed by atoms with Crippen molar-refractivity contribution in [2.75, 3.05) is 33.0 Å². The SMILES string of the molecule is CCCCCCCCC(CCCCCCCCCO)N(OCCO)OCCO. The molecule has 6 heteroatoms. The minimum absolute atomic E-state index is 0.0451. The molecule has 0 aromatic heterocycles. The normalized spacial score (nSPS) is 12.8. The van der Waals surface area contributed by atoms with Crippen LogP contribution in [0.4, 0.5) is 0 Å². The van der Waals surface area contributed by atoms with Gasteiger partial charge in [-0.05, 0) is 19.3 Å². The zero-order valence-corrected chi connectivity index (χ0v) is 18.3. The Bertz CT molecular complexity index is 286. The van der Waals surface area contributed by atoms with Gasteiger partial charge in [-0.3, -0.25) is 9.68 Å². The highest BCUT2D eigenvalue weighted by Gasteiger charge is 2.20. The van der Waals surface area contributed by atoms with Crippen molar-refractivity contribution >= 4 is 0 Å². The highest BCUT2D eigenvalue weighted by Crippen LogP contribution is 2.19. The molecule has 0 rings (SSSR count). The van der Waals surface area contributed by atoms with E-state index in [1.807, 2.05) is 0 Å². The van der Waals surface area contributed by atoms with Crippen molar-refractivity contribution in [3.63, 3.8) is 0 Å². The summed E-state index contributed by atoms with van der Waals surface area (Å²) in [5, 5.41) is 28.5. The van der Waals surface area contributed by atoms with Gasteiger partial charge < -0.3 is 15.3 Å². The number of aliphatic hydroxyl groups is 3. The summed E-state index contributed by atoms with van der Waals surface area (Å²) in [6.45, 7) is 2.87. The van der Waals surface area contributed by atoms with Crippen LogP contribution in [0.25, 0.3) is 0 Å². The van der Waals surface area contributed by atoms with Crippen LogP contribution in [0.3, 0.4) is 0 Å². The monoisotopic (exact) mass is 405 g/mol. The Labute approximate surface area is 173 Å². The maximum absolute atomic E-state index is 9.08. The highest BCUT2D eigenvalue weighted by molar-refractivity contribution is 4.64. The van der Waals surface area contributed by atoms with E-state index >= 15 is 0 Å². The molecule has 0 aliphatic heterocycles. The van der Waals surface area contributed by atoms with Crippen molar-refractivity contribution in [3.05, 3.63) is 0 Å². The number of hydroxylamine groups is 2. The molecule has 170 valence electrons. The fraction of sp³-hybridized carbons (Fsp3) is 1.00.